The van der Waals surface area contributed by atoms with E-state index in [1.165, 1.54) is 0 Å². The largest absolute Gasteiger partial charge is 0.777 e. The van der Waals surface area contributed by atoms with E-state index < -0.39 is 46.2 Å². The van der Waals surface area contributed by atoms with Crippen LogP contribution in [0, 0.1) is 0 Å². The molecule has 0 aliphatic carbocycles. The zero-order chi connectivity index (χ0) is 13.4. The van der Waals surface area contributed by atoms with Gasteiger partial charge in [0.1, 0.15) is 6.54 Å². The van der Waals surface area contributed by atoms with Crippen LogP contribution >= 0.6 is 15.2 Å². The average Bonchev–Trinajstić information content (AvgIpc) is 2.27. The predicted molar refractivity (Wildman–Crippen MR) is 48.3 cm³/mol. The zero-order valence-electron chi connectivity index (χ0n) is 8.25. The van der Waals surface area contributed by atoms with E-state index in [9.17, 15) is 28.5 Å². The van der Waals surface area contributed by atoms with E-state index in [-0.39, 0.29) is 4.90 Å². The fourth-order valence-corrected chi connectivity index (χ4v) is 2.53. The van der Waals surface area contributed by atoms with Crippen LogP contribution in [-0.2, 0) is 13.9 Å². The Labute approximate surface area is 95.1 Å². The van der Waals surface area contributed by atoms with E-state index in [0.29, 0.717) is 4.90 Å². The highest BCUT2D eigenvalue weighted by atomic mass is 31.2. The maximum Gasteiger partial charge on any atom is 0.328 e. The summed E-state index contributed by atoms with van der Waals surface area (Å²) in [5.41, 5.74) is 0. The zero-order valence-corrected chi connectivity index (χ0v) is 10.0. The Bertz CT molecular complexity index is 437. The van der Waals surface area contributed by atoms with Crippen LogP contribution in [0.2, 0.25) is 0 Å². The molecular formula is C5H8N2O8P2-2. The van der Waals surface area contributed by atoms with E-state index >= 15 is 0 Å². The summed E-state index contributed by atoms with van der Waals surface area (Å²) >= 11 is 0. The number of imide groups is 1. The molecule has 0 bridgehead atoms. The lowest BCUT2D eigenvalue weighted by Gasteiger charge is -2.24. The van der Waals surface area contributed by atoms with Crippen LogP contribution in [0.15, 0.2) is 0 Å². The van der Waals surface area contributed by atoms with E-state index in [0.717, 1.165) is 0 Å². The second-order valence-corrected chi connectivity index (χ2v) is 6.48. The molecule has 17 heavy (non-hydrogen) atoms. The lowest BCUT2D eigenvalue weighted by Crippen LogP contribution is -2.36. The topological polar surface area (TPSA) is 161 Å². The number of nitrogens with zero attached hydrogens (tertiary/aromatic N) is 2. The van der Waals surface area contributed by atoms with Crippen molar-refractivity contribution in [2.45, 2.75) is 0 Å². The molecule has 1 aliphatic rings. The fourth-order valence-electron chi connectivity index (χ4n) is 1.24. The molecule has 0 radical (unpaired) electrons. The first-order valence-electron chi connectivity index (χ1n) is 4.14. The molecular weight excluding hydrogens is 278 g/mol. The highest BCUT2D eigenvalue weighted by Crippen LogP contribution is 2.35. The van der Waals surface area contributed by atoms with E-state index in [1.807, 2.05) is 0 Å². The van der Waals surface area contributed by atoms with Gasteiger partial charge in [-0.3, -0.25) is 9.69 Å². The highest BCUT2D eigenvalue weighted by Gasteiger charge is 2.38. The standard InChI is InChI=1S/C5H10N2O8P2/c8-4-1-6(2-16(10,11)12)5(9)7(4)3-17(13,14)15/h1-3H2,(H2,10,11,12)(H2,13,14,15)/p-2. The SMILES string of the molecule is O=C1CN(CP(=O)([O-])O)C(=O)N1CP(=O)([O-])O. The van der Waals surface area contributed by atoms with Crippen molar-refractivity contribution in [3.05, 3.63) is 0 Å². The van der Waals surface area contributed by atoms with Gasteiger partial charge in [-0.05, 0) is 0 Å². The minimum Gasteiger partial charge on any atom is -0.777 e. The molecule has 1 rings (SSSR count). The Hall–Kier alpha value is -0.760. The van der Waals surface area contributed by atoms with Crippen molar-refractivity contribution in [1.82, 2.24) is 9.80 Å². The molecule has 2 N–H and O–H groups in total. The third-order valence-electron chi connectivity index (χ3n) is 1.80. The number of carbonyl (C=O) groups is 2. The molecule has 1 saturated heterocycles. The Morgan fingerprint density at radius 3 is 2.00 bits per heavy atom. The molecule has 0 aromatic rings. The van der Waals surface area contributed by atoms with Gasteiger partial charge >= 0.3 is 6.03 Å². The molecule has 98 valence electrons. The van der Waals surface area contributed by atoms with Crippen LogP contribution < -0.4 is 9.79 Å². The molecule has 0 spiro atoms. The fraction of sp³-hybridized carbons (Fsp3) is 0.600. The van der Waals surface area contributed by atoms with E-state index in [2.05, 4.69) is 0 Å². The summed E-state index contributed by atoms with van der Waals surface area (Å²) in [5, 5.41) is 0. The number of hydrogen-bond acceptors (Lipinski definition) is 6. The minimum atomic E-state index is -4.87. The van der Waals surface area contributed by atoms with Crippen molar-refractivity contribution in [1.29, 1.82) is 0 Å². The number of carbonyl (C=O) groups excluding carboxylic acids is 2. The summed E-state index contributed by atoms with van der Waals surface area (Å²) in [7, 11) is -9.66. The van der Waals surface area contributed by atoms with Crippen molar-refractivity contribution in [2.24, 2.45) is 0 Å². The summed E-state index contributed by atoms with van der Waals surface area (Å²) in [6.07, 6.45) is -2.32. The Kier molecular flexibility index (Phi) is 3.78. The Balaban J connectivity index is 2.79. The quantitative estimate of drug-likeness (QED) is 0.415. The summed E-state index contributed by atoms with van der Waals surface area (Å²) < 4.78 is 21.0. The van der Waals surface area contributed by atoms with Crippen LogP contribution in [-0.4, -0.2) is 50.6 Å². The van der Waals surface area contributed by atoms with Gasteiger partial charge in [0.25, 0.3) is 5.91 Å². The minimum absolute atomic E-state index is 0.184. The van der Waals surface area contributed by atoms with Gasteiger partial charge in [0, 0.05) is 0 Å². The first-order valence-corrected chi connectivity index (χ1v) is 7.67. The number of amides is 3. The molecule has 12 heteroatoms. The lowest BCUT2D eigenvalue weighted by molar-refractivity contribution is -0.196. The van der Waals surface area contributed by atoms with Gasteiger partial charge in [0.15, 0.2) is 15.2 Å². The maximum atomic E-state index is 11.4. The number of hydrogen-bond donors (Lipinski definition) is 2. The van der Waals surface area contributed by atoms with E-state index in [1.54, 1.807) is 0 Å². The first kappa shape index (κ1) is 14.3. The van der Waals surface area contributed by atoms with Gasteiger partial charge in [-0.25, -0.2) is 4.79 Å². The smallest absolute Gasteiger partial charge is 0.328 e. The van der Waals surface area contributed by atoms with Crippen molar-refractivity contribution in [3.8, 4) is 0 Å². The van der Waals surface area contributed by atoms with Gasteiger partial charge in [-0.1, -0.05) is 0 Å². The summed E-state index contributed by atoms with van der Waals surface area (Å²) in [6, 6.07) is -1.20. The second kappa shape index (κ2) is 4.49. The van der Waals surface area contributed by atoms with Crippen molar-refractivity contribution < 1.29 is 38.3 Å². The van der Waals surface area contributed by atoms with Crippen LogP contribution in [0.5, 0.6) is 0 Å². The average molecular weight is 286 g/mol. The molecule has 2 unspecified atom stereocenters. The highest BCUT2D eigenvalue weighted by molar-refractivity contribution is 7.50. The van der Waals surface area contributed by atoms with Gasteiger partial charge in [-0.2, -0.15) is 0 Å². The molecule has 3 amide bonds. The van der Waals surface area contributed by atoms with Gasteiger partial charge in [0.05, 0.1) is 12.6 Å². The summed E-state index contributed by atoms with van der Waals surface area (Å²) in [6.45, 7) is -0.675. The normalized spacial score (nSPS) is 23.8. The second-order valence-electron chi connectivity index (χ2n) is 3.36. The van der Waals surface area contributed by atoms with Crippen molar-refractivity contribution >= 4 is 27.1 Å². The number of urea groups is 1. The van der Waals surface area contributed by atoms with Crippen LogP contribution in [0.25, 0.3) is 0 Å². The number of rotatable bonds is 4. The third-order valence-corrected chi connectivity index (χ3v) is 3.14. The predicted octanol–water partition coefficient (Wildman–Crippen LogP) is -2.74. The van der Waals surface area contributed by atoms with Crippen LogP contribution in [0.1, 0.15) is 0 Å². The van der Waals surface area contributed by atoms with Gasteiger partial charge < -0.3 is 33.6 Å². The van der Waals surface area contributed by atoms with Crippen molar-refractivity contribution in [2.75, 3.05) is 19.1 Å². The Morgan fingerprint density at radius 1 is 1.12 bits per heavy atom. The summed E-state index contributed by atoms with van der Waals surface area (Å²) in [5.74, 6) is -0.978. The molecule has 1 heterocycles. The molecule has 0 saturated carbocycles. The molecule has 1 fully saturated rings. The monoisotopic (exact) mass is 286 g/mol. The third kappa shape index (κ3) is 4.19. The lowest BCUT2D eigenvalue weighted by atomic mass is 10.6. The summed E-state index contributed by atoms with van der Waals surface area (Å²) in [4.78, 5) is 61.2. The van der Waals surface area contributed by atoms with Crippen LogP contribution in [0.3, 0.4) is 0 Å². The maximum absolute atomic E-state index is 11.4. The molecule has 0 aromatic carbocycles. The van der Waals surface area contributed by atoms with Gasteiger partial charge in [0.2, 0.25) is 0 Å². The molecule has 10 nitrogen and oxygen atoms in total. The Morgan fingerprint density at radius 2 is 1.59 bits per heavy atom. The molecule has 1 aliphatic heterocycles. The first-order chi connectivity index (χ1) is 7.49. The van der Waals surface area contributed by atoms with Crippen LogP contribution in [0.4, 0.5) is 4.79 Å². The van der Waals surface area contributed by atoms with Crippen molar-refractivity contribution in [3.63, 3.8) is 0 Å². The molecule has 2 atom stereocenters. The van der Waals surface area contributed by atoms with Gasteiger partial charge in [-0.15, -0.1) is 0 Å². The molecule has 0 aromatic heterocycles. The van der Waals surface area contributed by atoms with E-state index in [4.69, 9.17) is 9.79 Å².